The Morgan fingerprint density at radius 1 is 1.46 bits per heavy atom. The first kappa shape index (κ1) is 9.45. The van der Waals surface area contributed by atoms with E-state index in [0.29, 0.717) is 0 Å². The molecule has 68 valence electrons. The van der Waals surface area contributed by atoms with Gasteiger partial charge in [0.25, 0.3) is 0 Å². The summed E-state index contributed by atoms with van der Waals surface area (Å²) in [6.07, 6.45) is 1.78. The third-order valence-corrected chi connectivity index (χ3v) is 1.79. The van der Waals surface area contributed by atoms with Gasteiger partial charge in [-0.1, -0.05) is 36.4 Å². The van der Waals surface area contributed by atoms with E-state index in [0.717, 1.165) is 11.1 Å². The maximum Gasteiger partial charge on any atom is 0.229 e. The molecule has 0 saturated carbocycles. The van der Waals surface area contributed by atoms with Gasteiger partial charge < -0.3 is 0 Å². The van der Waals surface area contributed by atoms with Crippen molar-refractivity contribution < 1.29 is 4.92 Å². The highest BCUT2D eigenvalue weighted by Crippen LogP contribution is 2.13. The lowest BCUT2D eigenvalue weighted by Gasteiger charge is -2.00. The van der Waals surface area contributed by atoms with Crippen LogP contribution in [0.2, 0.25) is 0 Å². The molecule has 3 nitrogen and oxygen atoms in total. The quantitative estimate of drug-likeness (QED) is 0.525. The third kappa shape index (κ3) is 2.71. The van der Waals surface area contributed by atoms with E-state index in [1.165, 1.54) is 0 Å². The van der Waals surface area contributed by atoms with Gasteiger partial charge in [0.15, 0.2) is 0 Å². The van der Waals surface area contributed by atoms with Crippen molar-refractivity contribution in [3.8, 4) is 0 Å². The van der Waals surface area contributed by atoms with E-state index in [-0.39, 0.29) is 11.5 Å². The smallest absolute Gasteiger partial charge is 0.229 e. The van der Waals surface area contributed by atoms with Crippen molar-refractivity contribution in [1.82, 2.24) is 0 Å². The van der Waals surface area contributed by atoms with Gasteiger partial charge in [0.1, 0.15) is 0 Å². The van der Waals surface area contributed by atoms with Crippen molar-refractivity contribution in [2.75, 3.05) is 6.54 Å². The molecule has 0 bridgehead atoms. The summed E-state index contributed by atoms with van der Waals surface area (Å²) in [6, 6.07) is 9.39. The van der Waals surface area contributed by atoms with Gasteiger partial charge in [0.05, 0.1) is 0 Å². The fourth-order valence-corrected chi connectivity index (χ4v) is 1.14. The molecule has 0 aliphatic heterocycles. The van der Waals surface area contributed by atoms with Crippen LogP contribution in [-0.4, -0.2) is 11.5 Å². The third-order valence-electron chi connectivity index (χ3n) is 1.79. The van der Waals surface area contributed by atoms with Crippen molar-refractivity contribution in [3.63, 3.8) is 0 Å². The van der Waals surface area contributed by atoms with Gasteiger partial charge in [-0.2, -0.15) is 0 Å². The molecule has 0 heterocycles. The van der Waals surface area contributed by atoms with Gasteiger partial charge in [0.2, 0.25) is 6.54 Å². The topological polar surface area (TPSA) is 43.1 Å². The fourth-order valence-electron chi connectivity index (χ4n) is 1.14. The van der Waals surface area contributed by atoms with E-state index in [9.17, 15) is 10.1 Å². The normalized spacial score (nSPS) is 11.3. The molecule has 1 rings (SSSR count). The molecule has 0 aliphatic carbocycles. The minimum absolute atomic E-state index is 0.111. The van der Waals surface area contributed by atoms with Crippen LogP contribution in [0.5, 0.6) is 0 Å². The Kier molecular flexibility index (Phi) is 3.20. The molecule has 0 N–H and O–H groups in total. The van der Waals surface area contributed by atoms with Crippen molar-refractivity contribution >= 4 is 5.57 Å². The van der Waals surface area contributed by atoms with Crippen LogP contribution in [0.25, 0.3) is 5.57 Å². The molecule has 0 unspecified atom stereocenters. The molecule has 0 aromatic heterocycles. The van der Waals surface area contributed by atoms with Gasteiger partial charge in [-0.3, -0.25) is 10.1 Å². The number of benzene rings is 1. The monoisotopic (exact) mass is 177 g/mol. The lowest BCUT2D eigenvalue weighted by Crippen LogP contribution is -2.02. The summed E-state index contributed by atoms with van der Waals surface area (Å²) in [5.41, 5.74) is 1.67. The first-order chi connectivity index (χ1) is 6.24. The van der Waals surface area contributed by atoms with E-state index in [4.69, 9.17) is 0 Å². The molecule has 0 saturated heterocycles. The van der Waals surface area contributed by atoms with Crippen LogP contribution in [0.3, 0.4) is 0 Å². The summed E-state index contributed by atoms with van der Waals surface area (Å²) < 4.78 is 0. The van der Waals surface area contributed by atoms with Crippen molar-refractivity contribution in [1.29, 1.82) is 0 Å². The van der Waals surface area contributed by atoms with Crippen LogP contribution >= 0.6 is 0 Å². The molecule has 0 amide bonds. The second-order valence-electron chi connectivity index (χ2n) is 2.67. The van der Waals surface area contributed by atoms with E-state index in [1.54, 1.807) is 6.08 Å². The highest BCUT2D eigenvalue weighted by atomic mass is 16.6. The molecule has 3 heteroatoms. The zero-order valence-corrected chi connectivity index (χ0v) is 7.43. The van der Waals surface area contributed by atoms with Gasteiger partial charge in [-0.25, -0.2) is 0 Å². The Bertz CT molecular complexity index is 317. The molecular weight excluding hydrogens is 166 g/mol. The largest absolute Gasteiger partial charge is 0.264 e. The molecule has 0 fully saturated rings. The van der Waals surface area contributed by atoms with Crippen molar-refractivity contribution in [2.24, 2.45) is 0 Å². The Balaban J connectivity index is 2.86. The molecule has 13 heavy (non-hydrogen) atoms. The number of hydrogen-bond acceptors (Lipinski definition) is 2. The zero-order chi connectivity index (χ0) is 9.68. The average molecular weight is 177 g/mol. The first-order valence-electron chi connectivity index (χ1n) is 4.06. The second kappa shape index (κ2) is 4.40. The van der Waals surface area contributed by atoms with Crippen LogP contribution in [-0.2, 0) is 0 Å². The number of rotatable bonds is 3. The molecular formula is C10H11NO2. The molecule has 0 atom stereocenters. The minimum atomic E-state index is -0.317. The number of allylic oxidation sites excluding steroid dienone is 1. The summed E-state index contributed by atoms with van der Waals surface area (Å²) in [7, 11) is 0. The summed E-state index contributed by atoms with van der Waals surface area (Å²) >= 11 is 0. The number of nitrogens with zero attached hydrogens (tertiary/aromatic N) is 1. The van der Waals surface area contributed by atoms with Gasteiger partial charge in [0, 0.05) is 10.5 Å². The highest BCUT2D eigenvalue weighted by Gasteiger charge is 2.05. The fraction of sp³-hybridized carbons (Fsp3) is 0.200. The maximum atomic E-state index is 10.3. The van der Waals surface area contributed by atoms with E-state index < -0.39 is 0 Å². The summed E-state index contributed by atoms with van der Waals surface area (Å²) in [4.78, 5) is 9.99. The van der Waals surface area contributed by atoms with Gasteiger partial charge in [-0.05, 0) is 12.5 Å². The van der Waals surface area contributed by atoms with Gasteiger partial charge >= 0.3 is 0 Å². The minimum Gasteiger partial charge on any atom is -0.264 e. The highest BCUT2D eigenvalue weighted by molar-refractivity contribution is 5.65. The van der Waals surface area contributed by atoms with Crippen LogP contribution in [0.1, 0.15) is 12.5 Å². The van der Waals surface area contributed by atoms with Crippen molar-refractivity contribution in [3.05, 3.63) is 52.1 Å². The van der Waals surface area contributed by atoms with Crippen LogP contribution in [0.4, 0.5) is 0 Å². The lowest BCUT2D eigenvalue weighted by molar-refractivity contribution is -0.465. The number of nitro groups is 1. The van der Waals surface area contributed by atoms with Gasteiger partial charge in [-0.15, -0.1) is 0 Å². The SMILES string of the molecule is CC=C(C[N+](=O)[O-])c1ccccc1. The average Bonchev–Trinajstić information content (AvgIpc) is 2.15. The van der Waals surface area contributed by atoms with Crippen LogP contribution in [0, 0.1) is 10.1 Å². The van der Waals surface area contributed by atoms with Crippen molar-refractivity contribution in [2.45, 2.75) is 6.92 Å². The summed E-state index contributed by atoms with van der Waals surface area (Å²) in [5.74, 6) is 0. The Morgan fingerprint density at radius 2 is 2.08 bits per heavy atom. The summed E-state index contributed by atoms with van der Waals surface area (Å²) in [6.45, 7) is 1.70. The van der Waals surface area contributed by atoms with E-state index >= 15 is 0 Å². The lowest BCUT2D eigenvalue weighted by atomic mass is 10.1. The molecule has 1 aromatic carbocycles. The predicted molar refractivity (Wildman–Crippen MR) is 52.0 cm³/mol. The standard InChI is InChI=1S/C10H11NO2/c1-2-9(8-11(12)13)10-6-4-3-5-7-10/h2-7H,8H2,1H3. The molecule has 0 aliphatic rings. The number of hydrogen-bond donors (Lipinski definition) is 0. The second-order valence-corrected chi connectivity index (χ2v) is 2.67. The molecule has 0 radical (unpaired) electrons. The Morgan fingerprint density at radius 3 is 2.54 bits per heavy atom. The maximum absolute atomic E-state index is 10.3. The first-order valence-corrected chi connectivity index (χ1v) is 4.06. The predicted octanol–water partition coefficient (Wildman–Crippen LogP) is 2.37. The van der Waals surface area contributed by atoms with E-state index in [2.05, 4.69) is 0 Å². The Labute approximate surface area is 76.9 Å². The van der Waals surface area contributed by atoms with E-state index in [1.807, 2.05) is 37.3 Å². The van der Waals surface area contributed by atoms with Crippen LogP contribution in [0.15, 0.2) is 36.4 Å². The zero-order valence-electron chi connectivity index (χ0n) is 7.43. The summed E-state index contributed by atoms with van der Waals surface area (Å²) in [5, 5.41) is 10.3. The van der Waals surface area contributed by atoms with Crippen LogP contribution < -0.4 is 0 Å². The Hall–Kier alpha value is -1.64. The molecule has 1 aromatic rings. The molecule has 0 spiro atoms.